The predicted octanol–water partition coefficient (Wildman–Crippen LogP) is 5.83. The number of imide groups is 1. The number of hydrogen-bond acceptors (Lipinski definition) is 9. The molecule has 1 saturated heterocycles. The number of aryl methyl sites for hydroxylation is 2. The first kappa shape index (κ1) is 45.7. The number of anilines is 1. The Morgan fingerprint density at radius 3 is 2.23 bits per heavy atom. The van der Waals surface area contributed by atoms with Gasteiger partial charge in [-0.05, 0) is 73.6 Å². The Bertz CT molecular complexity index is 1930. The summed E-state index contributed by atoms with van der Waals surface area (Å²) in [6, 6.07) is 17.2. The summed E-state index contributed by atoms with van der Waals surface area (Å²) >= 11 is 0. The van der Waals surface area contributed by atoms with Gasteiger partial charge in [-0.15, -0.1) is 0 Å². The highest BCUT2D eigenvalue weighted by Gasteiger charge is 2.58. The minimum atomic E-state index is -4.83. The van der Waals surface area contributed by atoms with Crippen molar-refractivity contribution < 1.29 is 60.5 Å². The lowest BCUT2D eigenvalue weighted by atomic mass is 9.94. The smallest absolute Gasteiger partial charge is 0.418 e. The van der Waals surface area contributed by atoms with Gasteiger partial charge in [-0.3, -0.25) is 19.2 Å². The van der Waals surface area contributed by atoms with Crippen molar-refractivity contribution in [3.05, 3.63) is 101 Å². The van der Waals surface area contributed by atoms with Crippen molar-refractivity contribution in [2.75, 3.05) is 58.0 Å². The van der Waals surface area contributed by atoms with Gasteiger partial charge in [0.15, 0.2) is 0 Å². The summed E-state index contributed by atoms with van der Waals surface area (Å²) in [6.07, 6.45) is -3.16. The highest BCUT2D eigenvalue weighted by Crippen LogP contribution is 2.46. The summed E-state index contributed by atoms with van der Waals surface area (Å²) in [5.74, 6) is -3.18. The lowest BCUT2D eigenvalue weighted by molar-refractivity contribution is -0.187. The van der Waals surface area contributed by atoms with Crippen molar-refractivity contribution in [3.63, 3.8) is 0 Å². The average molecular weight is 843 g/mol. The SMILES string of the molecule is C[C@H](N(Cc1ccc(F)cc1)C(=O)CN1C(=O)OC2(CCc3cc(NC(=O)CCCNC(=O)CCOCCOCCOCCCc4ccccc4)ccc32)C1=O)C(F)(F)F. The Morgan fingerprint density at radius 2 is 1.53 bits per heavy atom. The zero-order valence-electron chi connectivity index (χ0n) is 33.4. The molecule has 2 aliphatic rings. The molecule has 60 heavy (non-hydrogen) atoms. The van der Waals surface area contributed by atoms with E-state index in [1.807, 2.05) is 18.2 Å². The normalized spacial score (nSPS) is 16.4. The summed E-state index contributed by atoms with van der Waals surface area (Å²) in [5.41, 5.74) is 1.09. The largest absolute Gasteiger partial charge is 0.427 e. The molecule has 0 aromatic heterocycles. The fourth-order valence-electron chi connectivity index (χ4n) is 6.88. The van der Waals surface area contributed by atoms with Crippen molar-refractivity contribution in [1.82, 2.24) is 15.1 Å². The lowest BCUT2D eigenvalue weighted by Crippen LogP contribution is -2.51. The Morgan fingerprint density at radius 1 is 0.850 bits per heavy atom. The van der Waals surface area contributed by atoms with Crippen LogP contribution in [0.3, 0.4) is 0 Å². The van der Waals surface area contributed by atoms with Gasteiger partial charge in [-0.1, -0.05) is 48.5 Å². The van der Waals surface area contributed by atoms with Gasteiger partial charge < -0.3 is 34.5 Å². The van der Waals surface area contributed by atoms with Gasteiger partial charge in [0.2, 0.25) is 23.3 Å². The monoisotopic (exact) mass is 842 g/mol. The number of ether oxygens (including phenoxy) is 4. The third kappa shape index (κ3) is 12.8. The second kappa shape index (κ2) is 21.7. The number of fused-ring (bicyclic) bond motifs is 2. The molecule has 3 aromatic rings. The highest BCUT2D eigenvalue weighted by atomic mass is 19.4. The van der Waals surface area contributed by atoms with Gasteiger partial charge in [-0.2, -0.15) is 13.2 Å². The third-order valence-electron chi connectivity index (χ3n) is 10.2. The Balaban J connectivity index is 0.977. The summed E-state index contributed by atoms with van der Waals surface area (Å²) in [4.78, 5) is 65.8. The second-order valence-corrected chi connectivity index (χ2v) is 14.5. The molecule has 2 N–H and O–H groups in total. The first-order valence-corrected chi connectivity index (χ1v) is 19.9. The van der Waals surface area contributed by atoms with E-state index in [-0.39, 0.29) is 56.2 Å². The molecule has 0 radical (unpaired) electrons. The van der Waals surface area contributed by atoms with E-state index in [1.165, 1.54) is 29.8 Å². The number of amides is 5. The molecule has 1 fully saturated rings. The highest BCUT2D eigenvalue weighted by molar-refractivity contribution is 6.06. The van der Waals surface area contributed by atoms with Gasteiger partial charge >= 0.3 is 12.3 Å². The number of halogens is 4. The van der Waals surface area contributed by atoms with Crippen LogP contribution in [-0.4, -0.2) is 104 Å². The number of hydrogen-bond donors (Lipinski definition) is 2. The number of nitrogens with zero attached hydrogens (tertiary/aromatic N) is 2. The van der Waals surface area contributed by atoms with Crippen molar-refractivity contribution in [2.24, 2.45) is 0 Å². The van der Waals surface area contributed by atoms with E-state index >= 15 is 0 Å². The van der Waals surface area contributed by atoms with E-state index in [2.05, 4.69) is 22.8 Å². The third-order valence-corrected chi connectivity index (χ3v) is 10.2. The van der Waals surface area contributed by atoms with Crippen molar-refractivity contribution >= 4 is 35.4 Å². The molecular weight excluding hydrogens is 792 g/mol. The molecule has 3 aromatic carbocycles. The first-order chi connectivity index (χ1) is 28.8. The topological polar surface area (TPSA) is 153 Å². The van der Waals surface area contributed by atoms with Crippen LogP contribution in [0.2, 0.25) is 0 Å². The van der Waals surface area contributed by atoms with Gasteiger partial charge in [0, 0.05) is 50.2 Å². The van der Waals surface area contributed by atoms with Crippen molar-refractivity contribution in [1.29, 1.82) is 0 Å². The Kier molecular flexibility index (Phi) is 16.6. The maximum absolute atomic E-state index is 13.8. The molecule has 1 aliphatic carbocycles. The van der Waals surface area contributed by atoms with Crippen LogP contribution in [0.1, 0.15) is 61.3 Å². The fraction of sp³-hybridized carbons (Fsp3) is 0.465. The van der Waals surface area contributed by atoms with E-state index in [4.69, 9.17) is 18.9 Å². The van der Waals surface area contributed by atoms with Crippen LogP contribution in [-0.2, 0) is 63.1 Å². The molecule has 2 atom stereocenters. The molecule has 13 nitrogen and oxygen atoms in total. The minimum absolute atomic E-state index is 0.0252. The van der Waals surface area contributed by atoms with Crippen LogP contribution in [0.5, 0.6) is 0 Å². The average Bonchev–Trinajstić information content (AvgIpc) is 3.70. The number of rotatable bonds is 23. The van der Waals surface area contributed by atoms with Crippen LogP contribution >= 0.6 is 0 Å². The molecule has 0 saturated carbocycles. The Labute approximate surface area is 345 Å². The minimum Gasteiger partial charge on any atom is -0.427 e. The molecule has 324 valence electrons. The molecule has 1 heterocycles. The van der Waals surface area contributed by atoms with Gasteiger partial charge in [-0.25, -0.2) is 14.1 Å². The number of carbonyl (C=O) groups excluding carboxylic acids is 5. The lowest BCUT2D eigenvalue weighted by Gasteiger charge is -2.31. The van der Waals surface area contributed by atoms with E-state index in [1.54, 1.807) is 6.07 Å². The van der Waals surface area contributed by atoms with Gasteiger partial charge in [0.05, 0.1) is 33.0 Å². The fourth-order valence-corrected chi connectivity index (χ4v) is 6.88. The van der Waals surface area contributed by atoms with E-state index in [9.17, 15) is 41.5 Å². The van der Waals surface area contributed by atoms with E-state index < -0.39 is 54.6 Å². The molecule has 1 unspecified atom stereocenters. The van der Waals surface area contributed by atoms with Crippen LogP contribution in [0.25, 0.3) is 0 Å². The predicted molar refractivity (Wildman–Crippen MR) is 210 cm³/mol. The second-order valence-electron chi connectivity index (χ2n) is 14.5. The first-order valence-electron chi connectivity index (χ1n) is 19.9. The molecule has 5 rings (SSSR count). The standard InChI is InChI=1S/C43H50F4N4O9/c1-30(43(45,46)47)50(28-32-11-13-34(44)14-12-32)39(54)29-51-40(55)42(60-41(51)56)19-17-33-27-35(15-16-36(33)42)49-38(53)10-5-20-48-37(52)18-22-58-24-26-59-25-23-57-21-6-9-31-7-3-2-4-8-31/h2-4,7-8,11-16,27,30H,5-6,9-10,17-26,28-29H2,1H3,(H,48,52)(H,49,53)/t30-,42?/m0/s1. The number of nitrogens with one attached hydrogen (secondary N) is 2. The molecule has 1 aliphatic heterocycles. The zero-order valence-corrected chi connectivity index (χ0v) is 33.4. The summed E-state index contributed by atoms with van der Waals surface area (Å²) < 4.78 is 76.8. The van der Waals surface area contributed by atoms with Crippen LogP contribution < -0.4 is 10.6 Å². The van der Waals surface area contributed by atoms with E-state index in [0.29, 0.717) is 66.1 Å². The van der Waals surface area contributed by atoms with E-state index in [0.717, 1.165) is 31.9 Å². The maximum atomic E-state index is 13.8. The van der Waals surface area contributed by atoms with Crippen molar-refractivity contribution in [3.8, 4) is 0 Å². The Hall–Kier alpha value is -5.39. The van der Waals surface area contributed by atoms with Crippen LogP contribution in [0.15, 0.2) is 72.8 Å². The maximum Gasteiger partial charge on any atom is 0.418 e. The van der Waals surface area contributed by atoms with Crippen molar-refractivity contribution in [2.45, 2.75) is 76.2 Å². The van der Waals surface area contributed by atoms with Gasteiger partial charge in [0.25, 0.3) is 5.91 Å². The molecule has 0 bridgehead atoms. The molecule has 5 amide bonds. The summed E-state index contributed by atoms with van der Waals surface area (Å²) in [5, 5.41) is 5.53. The van der Waals surface area contributed by atoms with Crippen LogP contribution in [0, 0.1) is 5.82 Å². The molecule has 17 heteroatoms. The van der Waals surface area contributed by atoms with Gasteiger partial charge in [0.1, 0.15) is 18.4 Å². The summed E-state index contributed by atoms with van der Waals surface area (Å²) in [6.45, 7) is 2.09. The zero-order chi connectivity index (χ0) is 43.1. The van der Waals surface area contributed by atoms with Crippen LogP contribution in [0.4, 0.5) is 28.0 Å². The molecular formula is C43H50F4N4O9. The number of benzene rings is 3. The quantitative estimate of drug-likeness (QED) is 0.0888. The molecule has 1 spiro atoms. The number of carbonyl (C=O) groups is 5. The number of alkyl halides is 3. The summed E-state index contributed by atoms with van der Waals surface area (Å²) in [7, 11) is 0.